The van der Waals surface area contributed by atoms with Gasteiger partial charge in [0.25, 0.3) is 5.91 Å². The fraction of sp³-hybridized carbons (Fsp3) is 0.346. The second-order valence-corrected chi connectivity index (χ2v) is 9.90. The number of halogens is 1. The van der Waals surface area contributed by atoms with Crippen molar-refractivity contribution >= 4 is 17.5 Å². The van der Waals surface area contributed by atoms with Gasteiger partial charge in [-0.15, -0.1) is 0 Å². The van der Waals surface area contributed by atoms with Gasteiger partial charge >= 0.3 is 0 Å². The summed E-state index contributed by atoms with van der Waals surface area (Å²) < 4.78 is 0. The molecule has 1 aliphatic heterocycles. The Labute approximate surface area is 199 Å². The fourth-order valence-corrected chi connectivity index (χ4v) is 4.13. The van der Waals surface area contributed by atoms with Gasteiger partial charge in [-0.25, -0.2) is 5.01 Å². The highest BCUT2D eigenvalue weighted by Gasteiger charge is 2.20. The van der Waals surface area contributed by atoms with Crippen LogP contribution in [-0.4, -0.2) is 45.2 Å². The Morgan fingerprint density at radius 1 is 1.06 bits per heavy atom. The van der Waals surface area contributed by atoms with E-state index in [4.69, 9.17) is 11.6 Å². The zero-order valence-electron chi connectivity index (χ0n) is 19.2. The Hall–Kier alpha value is -2.80. The van der Waals surface area contributed by atoms with E-state index in [2.05, 4.69) is 48.3 Å². The van der Waals surface area contributed by atoms with E-state index < -0.39 is 0 Å². The maximum absolute atomic E-state index is 12.7. The lowest BCUT2D eigenvalue weighted by Gasteiger charge is -2.29. The van der Waals surface area contributed by atoms with E-state index in [-0.39, 0.29) is 17.4 Å². The van der Waals surface area contributed by atoms with Crippen LogP contribution in [0.4, 0.5) is 0 Å². The fourth-order valence-electron chi connectivity index (χ4n) is 3.84. The number of aromatic nitrogens is 2. The Morgan fingerprint density at radius 3 is 2.48 bits per heavy atom. The summed E-state index contributed by atoms with van der Waals surface area (Å²) in [6, 6.07) is 11.4. The van der Waals surface area contributed by atoms with Crippen LogP contribution in [0.1, 0.15) is 49.7 Å². The number of nitrogens with one attached hydrogen (secondary N) is 1. The molecule has 2 aromatic heterocycles. The average Bonchev–Trinajstić information content (AvgIpc) is 2.80. The van der Waals surface area contributed by atoms with Gasteiger partial charge in [-0.2, -0.15) is 0 Å². The van der Waals surface area contributed by atoms with Crippen LogP contribution < -0.4 is 5.43 Å². The number of rotatable bonds is 4. The molecular weight excluding hydrogens is 436 g/mol. The SMILES string of the molecule is CC(C)(C)c1cc(-c2cncc(-c3ccc(C(=O)NN4CCC(O)CC4)cc3Cl)c2)ccn1. The summed E-state index contributed by atoms with van der Waals surface area (Å²) in [5, 5.41) is 12.0. The monoisotopic (exact) mass is 464 g/mol. The van der Waals surface area contributed by atoms with E-state index in [0.29, 0.717) is 36.5 Å². The highest BCUT2D eigenvalue weighted by atomic mass is 35.5. The molecule has 0 aliphatic carbocycles. The highest BCUT2D eigenvalue weighted by molar-refractivity contribution is 6.33. The molecule has 7 heteroatoms. The van der Waals surface area contributed by atoms with Crippen molar-refractivity contribution in [3.63, 3.8) is 0 Å². The minimum Gasteiger partial charge on any atom is -0.393 e. The van der Waals surface area contributed by atoms with Crippen molar-refractivity contribution in [1.29, 1.82) is 0 Å². The number of hydrazine groups is 1. The summed E-state index contributed by atoms with van der Waals surface area (Å²) in [6.07, 6.45) is 6.44. The molecule has 1 fully saturated rings. The Morgan fingerprint density at radius 2 is 1.79 bits per heavy atom. The lowest BCUT2D eigenvalue weighted by molar-refractivity contribution is 0.0467. The molecule has 33 heavy (non-hydrogen) atoms. The summed E-state index contributed by atoms with van der Waals surface area (Å²) in [5.41, 5.74) is 8.07. The first-order chi connectivity index (χ1) is 15.7. The number of aliphatic hydroxyl groups is 1. The molecule has 2 N–H and O–H groups in total. The van der Waals surface area contributed by atoms with Crippen molar-refractivity contribution in [2.45, 2.75) is 45.1 Å². The predicted octanol–water partition coefficient (Wildman–Crippen LogP) is 4.86. The summed E-state index contributed by atoms with van der Waals surface area (Å²) in [6.45, 7) is 7.67. The van der Waals surface area contributed by atoms with Crippen molar-refractivity contribution in [2.75, 3.05) is 13.1 Å². The summed E-state index contributed by atoms with van der Waals surface area (Å²) in [4.78, 5) is 21.6. The van der Waals surface area contributed by atoms with Gasteiger partial charge in [0.05, 0.1) is 6.10 Å². The Bertz CT molecular complexity index is 1150. The molecule has 0 saturated carbocycles. The zero-order valence-corrected chi connectivity index (χ0v) is 19.9. The van der Waals surface area contributed by atoms with Gasteiger partial charge in [-0.1, -0.05) is 38.4 Å². The maximum Gasteiger partial charge on any atom is 0.265 e. The topological polar surface area (TPSA) is 78.4 Å². The lowest BCUT2D eigenvalue weighted by Crippen LogP contribution is -2.47. The zero-order chi connectivity index (χ0) is 23.6. The van der Waals surface area contributed by atoms with Crippen LogP contribution in [0.5, 0.6) is 0 Å². The number of amides is 1. The number of hydrogen-bond acceptors (Lipinski definition) is 5. The van der Waals surface area contributed by atoms with E-state index in [1.807, 2.05) is 29.5 Å². The summed E-state index contributed by atoms with van der Waals surface area (Å²) >= 11 is 6.59. The number of nitrogens with zero attached hydrogens (tertiary/aromatic N) is 3. The lowest BCUT2D eigenvalue weighted by atomic mass is 9.90. The number of carbonyl (C=O) groups is 1. The van der Waals surface area contributed by atoms with Crippen LogP contribution in [0.3, 0.4) is 0 Å². The molecule has 1 aromatic carbocycles. The molecule has 0 unspecified atom stereocenters. The third kappa shape index (κ3) is 5.58. The third-order valence-corrected chi connectivity index (χ3v) is 6.18. The van der Waals surface area contributed by atoms with E-state index in [0.717, 1.165) is 27.9 Å². The van der Waals surface area contributed by atoms with E-state index >= 15 is 0 Å². The van der Waals surface area contributed by atoms with Crippen LogP contribution in [0.2, 0.25) is 5.02 Å². The van der Waals surface area contributed by atoms with Gasteiger partial charge in [0.1, 0.15) is 0 Å². The van der Waals surface area contributed by atoms with Crippen molar-refractivity contribution in [3.8, 4) is 22.3 Å². The first kappa shape index (κ1) is 23.4. The maximum atomic E-state index is 12.7. The van der Waals surface area contributed by atoms with Crippen molar-refractivity contribution in [1.82, 2.24) is 20.4 Å². The molecule has 172 valence electrons. The van der Waals surface area contributed by atoms with Crippen LogP contribution in [0, 0.1) is 0 Å². The molecule has 3 heterocycles. The van der Waals surface area contributed by atoms with Crippen molar-refractivity contribution in [3.05, 3.63) is 71.3 Å². The first-order valence-corrected chi connectivity index (χ1v) is 11.5. The second-order valence-electron chi connectivity index (χ2n) is 9.50. The van der Waals surface area contributed by atoms with Crippen LogP contribution in [0.25, 0.3) is 22.3 Å². The van der Waals surface area contributed by atoms with Crippen LogP contribution >= 0.6 is 11.6 Å². The molecule has 6 nitrogen and oxygen atoms in total. The smallest absolute Gasteiger partial charge is 0.265 e. The van der Waals surface area contributed by atoms with E-state index in [1.54, 1.807) is 18.3 Å². The molecule has 0 atom stereocenters. The summed E-state index contributed by atoms with van der Waals surface area (Å²) in [5.74, 6) is -0.210. The van der Waals surface area contributed by atoms with E-state index in [9.17, 15) is 9.90 Å². The normalized spacial score (nSPS) is 15.4. The summed E-state index contributed by atoms with van der Waals surface area (Å²) in [7, 11) is 0. The molecule has 1 saturated heterocycles. The van der Waals surface area contributed by atoms with Gasteiger partial charge in [-0.3, -0.25) is 20.2 Å². The van der Waals surface area contributed by atoms with Crippen LogP contribution in [-0.2, 0) is 5.41 Å². The predicted molar refractivity (Wildman–Crippen MR) is 131 cm³/mol. The molecule has 4 rings (SSSR count). The molecule has 1 aliphatic rings. The Kier molecular flexibility index (Phi) is 6.79. The van der Waals surface area contributed by atoms with Gasteiger partial charge < -0.3 is 5.11 Å². The van der Waals surface area contributed by atoms with Crippen molar-refractivity contribution < 1.29 is 9.90 Å². The first-order valence-electron chi connectivity index (χ1n) is 11.2. The number of hydrogen-bond donors (Lipinski definition) is 2. The van der Waals surface area contributed by atoms with Crippen LogP contribution in [0.15, 0.2) is 55.0 Å². The average molecular weight is 465 g/mol. The van der Waals surface area contributed by atoms with Gasteiger partial charge in [0.15, 0.2) is 0 Å². The molecule has 1 amide bonds. The molecule has 0 radical (unpaired) electrons. The molecule has 3 aromatic rings. The number of aliphatic hydroxyl groups excluding tert-OH is 1. The molecular formula is C26H29ClN4O2. The van der Waals surface area contributed by atoms with Gasteiger partial charge in [-0.05, 0) is 48.7 Å². The van der Waals surface area contributed by atoms with Gasteiger partial charge in [0.2, 0.25) is 0 Å². The third-order valence-electron chi connectivity index (χ3n) is 5.87. The van der Waals surface area contributed by atoms with Gasteiger partial charge in [0, 0.05) is 70.1 Å². The molecule has 0 spiro atoms. The Balaban J connectivity index is 1.55. The largest absolute Gasteiger partial charge is 0.393 e. The number of carbonyl (C=O) groups excluding carboxylic acids is 1. The van der Waals surface area contributed by atoms with Crippen molar-refractivity contribution in [2.24, 2.45) is 0 Å². The number of pyridine rings is 2. The quantitative estimate of drug-likeness (QED) is 0.576. The number of piperidine rings is 1. The standard InChI is InChI=1S/C26H29ClN4O2/c1-26(2,3)24-14-17(6-9-29-24)19-12-20(16-28-15-19)22-5-4-18(13-23(22)27)25(33)30-31-10-7-21(32)8-11-31/h4-6,9,12-16,21,32H,7-8,10-11H2,1-3H3,(H,30,33). The minimum absolute atomic E-state index is 0.0469. The number of benzene rings is 1. The van der Waals surface area contributed by atoms with E-state index in [1.165, 1.54) is 0 Å². The highest BCUT2D eigenvalue weighted by Crippen LogP contribution is 2.32. The second kappa shape index (κ2) is 9.59. The minimum atomic E-state index is -0.288. The molecule has 0 bridgehead atoms.